The van der Waals surface area contributed by atoms with Gasteiger partial charge in [0, 0.05) is 33.3 Å². The van der Waals surface area contributed by atoms with Crippen LogP contribution in [0.4, 0.5) is 4.39 Å². The predicted octanol–water partition coefficient (Wildman–Crippen LogP) is 2.62. The summed E-state index contributed by atoms with van der Waals surface area (Å²) in [6.07, 6.45) is -0.518. The molecule has 32 heavy (non-hydrogen) atoms. The number of carbonyl (C=O) groups is 1. The highest BCUT2D eigenvalue weighted by Gasteiger charge is 2.33. The van der Waals surface area contributed by atoms with E-state index in [-0.39, 0.29) is 36.1 Å². The average molecular weight is 467 g/mol. The lowest BCUT2D eigenvalue weighted by atomic mass is 10.0. The van der Waals surface area contributed by atoms with E-state index in [0.717, 1.165) is 0 Å². The van der Waals surface area contributed by atoms with Crippen LogP contribution in [0.25, 0.3) is 0 Å². The number of sulfonamides is 1. The zero-order valence-corrected chi connectivity index (χ0v) is 19.6. The van der Waals surface area contributed by atoms with Crippen molar-refractivity contribution in [3.05, 3.63) is 66.0 Å². The molecule has 0 bridgehead atoms. The summed E-state index contributed by atoms with van der Waals surface area (Å²) in [4.78, 5) is 14.1. The molecule has 0 spiro atoms. The first-order valence-corrected chi connectivity index (χ1v) is 11.8. The Labute approximate surface area is 189 Å². The van der Waals surface area contributed by atoms with E-state index in [4.69, 9.17) is 4.74 Å². The number of rotatable bonds is 11. The van der Waals surface area contributed by atoms with Gasteiger partial charge < -0.3 is 14.7 Å². The largest absolute Gasteiger partial charge is 0.395 e. The van der Waals surface area contributed by atoms with Crippen LogP contribution < -0.4 is 0 Å². The maximum Gasteiger partial charge on any atom is 0.256 e. The van der Waals surface area contributed by atoms with Crippen molar-refractivity contribution >= 4 is 15.9 Å². The van der Waals surface area contributed by atoms with Crippen LogP contribution in [0.15, 0.2) is 59.5 Å². The number of benzene rings is 2. The molecule has 0 radical (unpaired) electrons. The van der Waals surface area contributed by atoms with Crippen molar-refractivity contribution in [3.63, 3.8) is 0 Å². The minimum atomic E-state index is -3.85. The standard InChI is InChI=1S/C23H31FN2O5S/c1-17(14-26(18(2)16-27)32(29,30)19-10-6-5-7-11-19)22(31-4)15-25(3)23(28)20-12-8-9-13-21(20)24/h5-13,17-18,22,27H,14-16H2,1-4H3/t17-,18-,22-/m0/s1. The molecule has 0 fully saturated rings. The zero-order chi connectivity index (χ0) is 23.9. The van der Waals surface area contributed by atoms with E-state index in [0.29, 0.717) is 0 Å². The van der Waals surface area contributed by atoms with Crippen LogP contribution >= 0.6 is 0 Å². The molecule has 2 rings (SSSR count). The number of hydrogen-bond acceptors (Lipinski definition) is 5. The molecule has 0 aliphatic rings. The third-order valence-corrected chi connectivity index (χ3v) is 7.41. The highest BCUT2D eigenvalue weighted by atomic mass is 32.2. The van der Waals surface area contributed by atoms with Crippen LogP contribution in [0.3, 0.4) is 0 Å². The molecule has 2 aromatic rings. The molecule has 0 saturated carbocycles. The monoisotopic (exact) mass is 466 g/mol. The predicted molar refractivity (Wildman–Crippen MR) is 120 cm³/mol. The van der Waals surface area contributed by atoms with Crippen molar-refractivity contribution in [2.75, 3.05) is 33.9 Å². The minimum Gasteiger partial charge on any atom is -0.395 e. The summed E-state index contributed by atoms with van der Waals surface area (Å²) >= 11 is 0. The van der Waals surface area contributed by atoms with E-state index in [1.54, 1.807) is 38.2 Å². The molecule has 1 amide bonds. The molecule has 0 aliphatic heterocycles. The number of hydrogen-bond donors (Lipinski definition) is 1. The molecule has 7 nitrogen and oxygen atoms in total. The van der Waals surface area contributed by atoms with Gasteiger partial charge in [0.25, 0.3) is 5.91 Å². The van der Waals surface area contributed by atoms with Crippen LogP contribution in [0.2, 0.25) is 0 Å². The van der Waals surface area contributed by atoms with Gasteiger partial charge in [-0.25, -0.2) is 12.8 Å². The normalized spacial score (nSPS) is 14.7. The lowest BCUT2D eigenvalue weighted by Gasteiger charge is -2.33. The first kappa shape index (κ1) is 25.9. The van der Waals surface area contributed by atoms with Crippen LogP contribution in [0.1, 0.15) is 24.2 Å². The van der Waals surface area contributed by atoms with E-state index >= 15 is 0 Å². The number of aliphatic hydroxyl groups excluding tert-OH is 1. The Bertz CT molecular complexity index is 987. The Morgan fingerprint density at radius 2 is 1.66 bits per heavy atom. The molecular weight excluding hydrogens is 435 g/mol. The maximum atomic E-state index is 14.0. The Hall–Kier alpha value is -2.33. The van der Waals surface area contributed by atoms with Crippen molar-refractivity contribution in [1.29, 1.82) is 0 Å². The van der Waals surface area contributed by atoms with Crippen molar-refractivity contribution in [2.24, 2.45) is 5.92 Å². The van der Waals surface area contributed by atoms with Gasteiger partial charge in [-0.05, 0) is 37.1 Å². The smallest absolute Gasteiger partial charge is 0.256 e. The average Bonchev–Trinajstić information content (AvgIpc) is 2.80. The molecule has 0 unspecified atom stereocenters. The molecule has 0 aliphatic carbocycles. The van der Waals surface area contributed by atoms with Crippen LogP contribution in [-0.4, -0.2) is 74.6 Å². The fourth-order valence-corrected chi connectivity index (χ4v) is 5.16. The molecule has 176 valence electrons. The highest BCUT2D eigenvalue weighted by Crippen LogP contribution is 2.22. The number of carbonyl (C=O) groups excluding carboxylic acids is 1. The van der Waals surface area contributed by atoms with E-state index in [9.17, 15) is 22.7 Å². The topological polar surface area (TPSA) is 87.2 Å². The Kier molecular flexibility index (Phi) is 9.33. The number of halogens is 1. The number of aliphatic hydroxyl groups is 1. The fraction of sp³-hybridized carbons (Fsp3) is 0.435. The summed E-state index contributed by atoms with van der Waals surface area (Å²) in [5.41, 5.74) is -0.0420. The number of nitrogens with zero attached hydrogens (tertiary/aromatic N) is 2. The van der Waals surface area contributed by atoms with E-state index in [1.807, 2.05) is 6.92 Å². The number of amides is 1. The second kappa shape index (κ2) is 11.5. The van der Waals surface area contributed by atoms with Crippen LogP contribution in [-0.2, 0) is 14.8 Å². The Morgan fingerprint density at radius 3 is 2.22 bits per heavy atom. The molecule has 0 saturated heterocycles. The van der Waals surface area contributed by atoms with Crippen molar-refractivity contribution in [2.45, 2.75) is 30.9 Å². The summed E-state index contributed by atoms with van der Waals surface area (Å²) in [5, 5.41) is 9.67. The third-order valence-electron chi connectivity index (χ3n) is 5.42. The summed E-state index contributed by atoms with van der Waals surface area (Å²) in [5.74, 6) is -1.43. The lowest BCUT2D eigenvalue weighted by Crippen LogP contribution is -2.47. The molecular formula is C23H31FN2O5S. The van der Waals surface area contributed by atoms with Gasteiger partial charge >= 0.3 is 0 Å². The number of ether oxygens (including phenoxy) is 1. The first-order valence-electron chi connectivity index (χ1n) is 10.3. The molecule has 3 atom stereocenters. The van der Waals surface area contributed by atoms with E-state index in [1.165, 1.54) is 46.6 Å². The van der Waals surface area contributed by atoms with Crippen LogP contribution in [0.5, 0.6) is 0 Å². The fourth-order valence-electron chi connectivity index (χ4n) is 3.42. The van der Waals surface area contributed by atoms with Gasteiger partial charge in [0.15, 0.2) is 0 Å². The van der Waals surface area contributed by atoms with Gasteiger partial charge in [-0.2, -0.15) is 4.31 Å². The van der Waals surface area contributed by atoms with Crippen molar-refractivity contribution in [1.82, 2.24) is 9.21 Å². The van der Waals surface area contributed by atoms with Gasteiger partial charge in [-0.3, -0.25) is 4.79 Å². The quantitative estimate of drug-likeness (QED) is 0.550. The summed E-state index contributed by atoms with van der Waals surface area (Å²) in [6.45, 7) is 3.30. The zero-order valence-electron chi connectivity index (χ0n) is 18.8. The van der Waals surface area contributed by atoms with Crippen molar-refractivity contribution in [3.8, 4) is 0 Å². The summed E-state index contributed by atoms with van der Waals surface area (Å²) in [7, 11) is -0.831. The summed E-state index contributed by atoms with van der Waals surface area (Å²) in [6, 6.07) is 13.1. The van der Waals surface area contributed by atoms with Gasteiger partial charge in [-0.15, -0.1) is 0 Å². The Balaban J connectivity index is 2.19. The molecule has 9 heteroatoms. The maximum absolute atomic E-state index is 14.0. The highest BCUT2D eigenvalue weighted by molar-refractivity contribution is 7.89. The first-order chi connectivity index (χ1) is 15.1. The number of likely N-dealkylation sites (N-methyl/N-ethyl adjacent to an activating group) is 1. The van der Waals surface area contributed by atoms with E-state index in [2.05, 4.69) is 0 Å². The lowest BCUT2D eigenvalue weighted by molar-refractivity contribution is 0.0220. The third kappa shape index (κ3) is 6.13. The second-order valence-corrected chi connectivity index (χ2v) is 9.73. The van der Waals surface area contributed by atoms with E-state index < -0.39 is 33.9 Å². The summed E-state index contributed by atoms with van der Waals surface area (Å²) < 4.78 is 47.2. The van der Waals surface area contributed by atoms with Crippen molar-refractivity contribution < 1.29 is 27.4 Å². The molecule has 1 N–H and O–H groups in total. The SMILES string of the molecule is CO[C@@H](CN(C)C(=O)c1ccccc1F)[C@@H](C)CN([C@@H](C)CO)S(=O)(=O)c1ccccc1. The van der Waals surface area contributed by atoms with Gasteiger partial charge in [-0.1, -0.05) is 37.3 Å². The minimum absolute atomic E-state index is 0.0420. The number of methoxy groups -OCH3 is 1. The van der Waals surface area contributed by atoms with Crippen LogP contribution in [0, 0.1) is 11.7 Å². The van der Waals surface area contributed by atoms with Gasteiger partial charge in [0.1, 0.15) is 5.82 Å². The molecule has 2 aromatic carbocycles. The second-order valence-electron chi connectivity index (χ2n) is 7.84. The van der Waals surface area contributed by atoms with Gasteiger partial charge in [0.05, 0.1) is 23.2 Å². The molecule has 0 aromatic heterocycles. The van der Waals surface area contributed by atoms with Gasteiger partial charge in [0.2, 0.25) is 10.0 Å². The molecule has 0 heterocycles. The Morgan fingerprint density at radius 1 is 1.06 bits per heavy atom.